The van der Waals surface area contributed by atoms with E-state index in [2.05, 4.69) is 10.1 Å². The van der Waals surface area contributed by atoms with Crippen molar-refractivity contribution in [2.75, 3.05) is 12.4 Å². The molecule has 4 heteroatoms. The minimum atomic E-state index is -3.35. The maximum Gasteiger partial charge on any atom is 0.272 e. The summed E-state index contributed by atoms with van der Waals surface area (Å²) in [6, 6.07) is 0. The summed E-state index contributed by atoms with van der Waals surface area (Å²) < 4.78 is 25.7. The molecule has 54 valence electrons. The summed E-state index contributed by atoms with van der Waals surface area (Å²) in [7, 11) is -3.35. The molecular weight excluding hydrogens is 152 g/mol. The lowest BCUT2D eigenvalue weighted by molar-refractivity contribution is 0.353. The van der Waals surface area contributed by atoms with Crippen LogP contribution in [0.25, 0.3) is 0 Å². The molecule has 1 rings (SSSR count). The summed E-state index contributed by atoms with van der Waals surface area (Å²) in [6.45, 7) is 0.0713. The molecule has 0 unspecified atom stereocenters. The number of rotatable bonds is 0. The Balaban J connectivity index is 2.89. The van der Waals surface area contributed by atoms with Gasteiger partial charge in [-0.1, -0.05) is 5.92 Å². The van der Waals surface area contributed by atoms with Crippen LogP contribution in [0.3, 0.4) is 0 Å². The molecule has 1 heterocycles. The normalized spacial score (nSPS) is 22.9. The molecule has 1 aliphatic rings. The first kappa shape index (κ1) is 7.32. The van der Waals surface area contributed by atoms with Crippen LogP contribution in [-0.4, -0.2) is 20.8 Å². The summed E-state index contributed by atoms with van der Waals surface area (Å²) in [5.41, 5.74) is 0.478. The van der Waals surface area contributed by atoms with E-state index in [1.54, 1.807) is 6.08 Å². The molecule has 0 aliphatic carbocycles. The summed E-state index contributed by atoms with van der Waals surface area (Å²) >= 11 is 0. The van der Waals surface area contributed by atoms with Gasteiger partial charge in [-0.15, -0.1) is 6.42 Å². The van der Waals surface area contributed by atoms with Crippen LogP contribution in [0.15, 0.2) is 11.6 Å². The minimum absolute atomic E-state index is 0.0713. The van der Waals surface area contributed by atoms with E-state index in [1.807, 2.05) is 0 Å². The highest BCUT2D eigenvalue weighted by Crippen LogP contribution is 2.07. The minimum Gasteiger partial charge on any atom is -0.266 e. The van der Waals surface area contributed by atoms with Crippen LogP contribution in [-0.2, 0) is 14.3 Å². The van der Waals surface area contributed by atoms with Crippen molar-refractivity contribution in [3.63, 3.8) is 0 Å². The lowest BCUT2D eigenvalue weighted by Gasteiger charge is -2.08. The lowest BCUT2D eigenvalue weighted by atomic mass is 10.3. The first-order valence-electron chi connectivity index (χ1n) is 2.67. The van der Waals surface area contributed by atoms with Gasteiger partial charge in [0.05, 0.1) is 6.61 Å². The maximum absolute atomic E-state index is 10.7. The molecule has 0 spiro atoms. The molecule has 0 amide bonds. The van der Waals surface area contributed by atoms with E-state index in [1.165, 1.54) is 0 Å². The van der Waals surface area contributed by atoms with Gasteiger partial charge in [-0.3, -0.25) is 4.18 Å². The van der Waals surface area contributed by atoms with E-state index >= 15 is 0 Å². The molecule has 0 N–H and O–H groups in total. The van der Waals surface area contributed by atoms with Gasteiger partial charge in [0.1, 0.15) is 5.75 Å². The zero-order valence-corrected chi connectivity index (χ0v) is 6.02. The molecule has 3 nitrogen and oxygen atoms in total. The molecule has 0 radical (unpaired) electrons. The standard InChI is InChI=1S/C6H6O3S/c1-2-6-3-4-9-10(7,8)5-6/h1,3H,4-5H2. The third-order valence-corrected chi connectivity index (χ3v) is 2.25. The van der Waals surface area contributed by atoms with Gasteiger partial charge < -0.3 is 0 Å². The highest BCUT2D eigenvalue weighted by atomic mass is 32.2. The van der Waals surface area contributed by atoms with Crippen LogP contribution in [0.5, 0.6) is 0 Å². The van der Waals surface area contributed by atoms with Crippen molar-refractivity contribution >= 4 is 10.1 Å². The molecule has 0 aromatic rings. The second-order valence-electron chi connectivity index (χ2n) is 1.86. The predicted octanol–water partition coefficient (Wildman–Crippen LogP) is -0.0940. The van der Waals surface area contributed by atoms with Gasteiger partial charge in [0.2, 0.25) is 0 Å². The van der Waals surface area contributed by atoms with Crippen molar-refractivity contribution in [2.45, 2.75) is 0 Å². The van der Waals surface area contributed by atoms with Crippen molar-refractivity contribution in [1.82, 2.24) is 0 Å². The summed E-state index contributed by atoms with van der Waals surface area (Å²) in [5.74, 6) is 2.10. The van der Waals surface area contributed by atoms with E-state index in [4.69, 9.17) is 6.42 Å². The smallest absolute Gasteiger partial charge is 0.266 e. The topological polar surface area (TPSA) is 43.4 Å². The van der Waals surface area contributed by atoms with Gasteiger partial charge in [-0.2, -0.15) is 8.42 Å². The fourth-order valence-corrected chi connectivity index (χ4v) is 1.57. The number of terminal acetylenes is 1. The zero-order chi connectivity index (χ0) is 7.61. The maximum atomic E-state index is 10.7. The fourth-order valence-electron chi connectivity index (χ4n) is 0.630. The van der Waals surface area contributed by atoms with Crippen molar-refractivity contribution in [1.29, 1.82) is 0 Å². The van der Waals surface area contributed by atoms with Gasteiger partial charge in [0, 0.05) is 5.57 Å². The molecule has 1 aliphatic heterocycles. The molecule has 0 atom stereocenters. The van der Waals surface area contributed by atoms with E-state index in [9.17, 15) is 8.42 Å². The van der Waals surface area contributed by atoms with Crippen LogP contribution in [0.2, 0.25) is 0 Å². The lowest BCUT2D eigenvalue weighted by Crippen LogP contribution is -2.16. The molecule has 0 aromatic heterocycles. The Hall–Kier alpha value is -0.790. The van der Waals surface area contributed by atoms with Crippen molar-refractivity contribution < 1.29 is 12.6 Å². The van der Waals surface area contributed by atoms with E-state index < -0.39 is 10.1 Å². The van der Waals surface area contributed by atoms with Crippen LogP contribution >= 0.6 is 0 Å². The molecular formula is C6H6O3S. The first-order valence-corrected chi connectivity index (χ1v) is 4.24. The molecule has 0 fully saturated rings. The molecule has 0 aromatic carbocycles. The second kappa shape index (κ2) is 2.45. The largest absolute Gasteiger partial charge is 0.272 e. The van der Waals surface area contributed by atoms with Gasteiger partial charge in [-0.25, -0.2) is 0 Å². The van der Waals surface area contributed by atoms with E-state index in [0.717, 1.165) is 0 Å². The SMILES string of the molecule is C#CC1=CCOS(=O)(=O)C1. The van der Waals surface area contributed by atoms with Crippen LogP contribution in [0.4, 0.5) is 0 Å². The Morgan fingerprint density at radius 1 is 1.70 bits per heavy atom. The Bertz CT molecular complexity index is 291. The van der Waals surface area contributed by atoms with Gasteiger partial charge in [0.15, 0.2) is 0 Å². The van der Waals surface area contributed by atoms with Crippen molar-refractivity contribution in [3.05, 3.63) is 11.6 Å². The average molecular weight is 158 g/mol. The van der Waals surface area contributed by atoms with Gasteiger partial charge in [-0.05, 0) is 6.08 Å². The number of hydrogen-bond acceptors (Lipinski definition) is 3. The predicted molar refractivity (Wildman–Crippen MR) is 36.7 cm³/mol. The van der Waals surface area contributed by atoms with Crippen LogP contribution < -0.4 is 0 Å². The highest BCUT2D eigenvalue weighted by Gasteiger charge is 2.16. The van der Waals surface area contributed by atoms with Gasteiger partial charge in [0.25, 0.3) is 10.1 Å². The fraction of sp³-hybridized carbons (Fsp3) is 0.333. The monoisotopic (exact) mass is 158 g/mol. The van der Waals surface area contributed by atoms with Crippen LogP contribution in [0, 0.1) is 12.3 Å². The second-order valence-corrected chi connectivity index (χ2v) is 3.50. The van der Waals surface area contributed by atoms with E-state index in [0.29, 0.717) is 5.57 Å². The molecule has 0 saturated heterocycles. The Kier molecular flexibility index (Phi) is 1.79. The Morgan fingerprint density at radius 2 is 2.40 bits per heavy atom. The average Bonchev–Trinajstić information content (AvgIpc) is 1.86. The van der Waals surface area contributed by atoms with Crippen molar-refractivity contribution in [3.8, 4) is 12.3 Å². The highest BCUT2D eigenvalue weighted by molar-refractivity contribution is 7.87. The first-order chi connectivity index (χ1) is 4.64. The molecule has 0 saturated carbocycles. The molecule has 10 heavy (non-hydrogen) atoms. The Labute approximate surface area is 59.8 Å². The summed E-state index contributed by atoms with van der Waals surface area (Å²) in [5, 5.41) is 0. The third-order valence-electron chi connectivity index (χ3n) is 1.10. The molecule has 0 bridgehead atoms. The zero-order valence-electron chi connectivity index (χ0n) is 5.20. The van der Waals surface area contributed by atoms with Crippen molar-refractivity contribution in [2.24, 2.45) is 0 Å². The Morgan fingerprint density at radius 3 is 2.80 bits per heavy atom. The van der Waals surface area contributed by atoms with Crippen LogP contribution in [0.1, 0.15) is 0 Å². The summed E-state index contributed by atoms with van der Waals surface area (Å²) in [6.07, 6.45) is 6.57. The van der Waals surface area contributed by atoms with Gasteiger partial charge >= 0.3 is 0 Å². The number of hydrogen-bond donors (Lipinski definition) is 0. The van der Waals surface area contributed by atoms with E-state index in [-0.39, 0.29) is 12.4 Å². The quantitative estimate of drug-likeness (QED) is 0.365. The third kappa shape index (κ3) is 1.59. The summed E-state index contributed by atoms with van der Waals surface area (Å²) in [4.78, 5) is 0.